The van der Waals surface area contributed by atoms with Crippen molar-refractivity contribution < 1.29 is 0 Å². The highest BCUT2D eigenvalue weighted by atomic mass is 15.2. The molecule has 1 saturated heterocycles. The van der Waals surface area contributed by atoms with E-state index in [1.54, 1.807) is 6.33 Å². The van der Waals surface area contributed by atoms with Crippen LogP contribution in [0.1, 0.15) is 45.2 Å². The maximum absolute atomic E-state index is 4.46. The van der Waals surface area contributed by atoms with Crippen molar-refractivity contribution in [3.8, 4) is 0 Å². The first-order chi connectivity index (χ1) is 8.72. The Morgan fingerprint density at radius 3 is 2.89 bits per heavy atom. The average Bonchev–Trinajstić information content (AvgIpc) is 2.41. The van der Waals surface area contributed by atoms with E-state index in [9.17, 15) is 0 Å². The van der Waals surface area contributed by atoms with E-state index in [0.717, 1.165) is 31.1 Å². The average molecular weight is 248 g/mol. The molecule has 1 aromatic heterocycles. The molecule has 0 aromatic carbocycles. The Kier molecular flexibility index (Phi) is 4.53. The summed E-state index contributed by atoms with van der Waals surface area (Å²) in [5.74, 6) is 1.53. The predicted octanol–water partition coefficient (Wildman–Crippen LogP) is 2.18. The van der Waals surface area contributed by atoms with Crippen LogP contribution in [0.25, 0.3) is 0 Å². The van der Waals surface area contributed by atoms with Crippen molar-refractivity contribution >= 4 is 5.82 Å². The number of hydrogen-bond acceptors (Lipinski definition) is 4. The summed E-state index contributed by atoms with van der Waals surface area (Å²) in [4.78, 5) is 11.2. The summed E-state index contributed by atoms with van der Waals surface area (Å²) in [5.41, 5.74) is 1.13. The van der Waals surface area contributed by atoms with Gasteiger partial charge in [-0.05, 0) is 32.2 Å². The number of piperidine rings is 1. The molecule has 1 fully saturated rings. The highest BCUT2D eigenvalue weighted by molar-refractivity contribution is 5.41. The summed E-state index contributed by atoms with van der Waals surface area (Å²) in [6.07, 6.45) is 4.20. The number of hydrogen-bond donors (Lipinski definition) is 1. The van der Waals surface area contributed by atoms with E-state index in [4.69, 9.17) is 0 Å². The molecule has 100 valence electrons. The largest absolute Gasteiger partial charge is 0.353 e. The minimum absolute atomic E-state index is 0.454. The highest BCUT2D eigenvalue weighted by Crippen LogP contribution is 2.21. The van der Waals surface area contributed by atoms with Crippen molar-refractivity contribution in [2.24, 2.45) is 0 Å². The summed E-state index contributed by atoms with van der Waals surface area (Å²) in [6, 6.07) is 2.71. The molecule has 1 aliphatic rings. The first kappa shape index (κ1) is 13.3. The summed E-state index contributed by atoms with van der Waals surface area (Å²) in [5, 5.41) is 3.47. The predicted molar refractivity (Wildman–Crippen MR) is 75.0 cm³/mol. The summed E-state index contributed by atoms with van der Waals surface area (Å²) in [6.45, 7) is 9.76. The molecule has 0 saturated carbocycles. The molecular weight excluding hydrogens is 224 g/mol. The topological polar surface area (TPSA) is 41.1 Å². The van der Waals surface area contributed by atoms with Gasteiger partial charge in [-0.25, -0.2) is 9.97 Å². The summed E-state index contributed by atoms with van der Waals surface area (Å²) >= 11 is 0. The van der Waals surface area contributed by atoms with Gasteiger partial charge >= 0.3 is 0 Å². The molecule has 0 radical (unpaired) electrons. The van der Waals surface area contributed by atoms with Crippen molar-refractivity contribution in [2.45, 2.75) is 45.6 Å². The SMILES string of the molecule is CCN(c1cc(C(C)C)ncn1)C1CCCNC1. The normalized spacial score (nSPS) is 20.1. The van der Waals surface area contributed by atoms with Gasteiger partial charge in [0.25, 0.3) is 0 Å². The van der Waals surface area contributed by atoms with E-state index in [0.29, 0.717) is 12.0 Å². The van der Waals surface area contributed by atoms with Crippen LogP contribution in [0.4, 0.5) is 5.82 Å². The molecule has 1 aromatic rings. The number of likely N-dealkylation sites (N-methyl/N-ethyl adjacent to an activating group) is 1. The van der Waals surface area contributed by atoms with Gasteiger partial charge in [0.1, 0.15) is 12.1 Å². The molecule has 1 aliphatic heterocycles. The monoisotopic (exact) mass is 248 g/mol. The lowest BCUT2D eigenvalue weighted by atomic mass is 10.1. The van der Waals surface area contributed by atoms with Crippen LogP contribution < -0.4 is 10.2 Å². The lowest BCUT2D eigenvalue weighted by Gasteiger charge is -2.35. The van der Waals surface area contributed by atoms with E-state index in [2.05, 4.69) is 47.0 Å². The molecule has 4 nitrogen and oxygen atoms in total. The standard InChI is InChI=1S/C14H24N4/c1-4-18(12-6-5-7-15-9-12)14-8-13(11(2)3)16-10-17-14/h8,10-12,15H,4-7,9H2,1-3H3. The fourth-order valence-corrected chi connectivity index (χ4v) is 2.54. The van der Waals surface area contributed by atoms with Gasteiger partial charge in [0.2, 0.25) is 0 Å². The van der Waals surface area contributed by atoms with Gasteiger partial charge in [0, 0.05) is 30.9 Å². The lowest BCUT2D eigenvalue weighted by molar-refractivity contribution is 0.433. The smallest absolute Gasteiger partial charge is 0.132 e. The van der Waals surface area contributed by atoms with Crippen LogP contribution in [0.15, 0.2) is 12.4 Å². The second-order valence-corrected chi connectivity index (χ2v) is 5.24. The third-order valence-corrected chi connectivity index (χ3v) is 3.61. The Morgan fingerprint density at radius 1 is 1.44 bits per heavy atom. The van der Waals surface area contributed by atoms with Gasteiger partial charge in [-0.2, -0.15) is 0 Å². The third kappa shape index (κ3) is 2.99. The van der Waals surface area contributed by atoms with Crippen molar-refractivity contribution in [2.75, 3.05) is 24.5 Å². The quantitative estimate of drug-likeness (QED) is 0.886. The van der Waals surface area contributed by atoms with Gasteiger partial charge in [-0.15, -0.1) is 0 Å². The van der Waals surface area contributed by atoms with Crippen LogP contribution in [0.2, 0.25) is 0 Å². The lowest BCUT2D eigenvalue weighted by Crippen LogP contribution is -2.46. The van der Waals surface area contributed by atoms with Crippen LogP contribution in [0.3, 0.4) is 0 Å². The Hall–Kier alpha value is -1.16. The molecule has 2 heterocycles. The second-order valence-electron chi connectivity index (χ2n) is 5.24. The van der Waals surface area contributed by atoms with Crippen molar-refractivity contribution in [3.63, 3.8) is 0 Å². The minimum atomic E-state index is 0.454. The molecule has 0 spiro atoms. The van der Waals surface area contributed by atoms with E-state index < -0.39 is 0 Å². The fourth-order valence-electron chi connectivity index (χ4n) is 2.54. The first-order valence-electron chi connectivity index (χ1n) is 7.01. The molecule has 2 rings (SSSR count). The Bertz CT molecular complexity index is 372. The summed E-state index contributed by atoms with van der Waals surface area (Å²) < 4.78 is 0. The molecule has 0 bridgehead atoms. The zero-order valence-corrected chi connectivity index (χ0v) is 11.7. The molecule has 0 aliphatic carbocycles. The molecule has 1 atom stereocenters. The zero-order valence-electron chi connectivity index (χ0n) is 11.7. The number of aromatic nitrogens is 2. The van der Waals surface area contributed by atoms with Crippen LogP contribution in [0.5, 0.6) is 0 Å². The van der Waals surface area contributed by atoms with Crippen LogP contribution in [-0.4, -0.2) is 35.6 Å². The van der Waals surface area contributed by atoms with Crippen molar-refractivity contribution in [1.29, 1.82) is 0 Å². The number of rotatable bonds is 4. The van der Waals surface area contributed by atoms with E-state index in [-0.39, 0.29) is 0 Å². The Balaban J connectivity index is 2.18. The zero-order chi connectivity index (χ0) is 13.0. The molecule has 4 heteroatoms. The molecule has 1 N–H and O–H groups in total. The first-order valence-corrected chi connectivity index (χ1v) is 7.01. The van der Waals surface area contributed by atoms with Crippen LogP contribution >= 0.6 is 0 Å². The summed E-state index contributed by atoms with van der Waals surface area (Å²) in [7, 11) is 0. The van der Waals surface area contributed by atoms with E-state index in [1.165, 1.54) is 12.8 Å². The maximum Gasteiger partial charge on any atom is 0.132 e. The van der Waals surface area contributed by atoms with Gasteiger partial charge in [0.05, 0.1) is 0 Å². The van der Waals surface area contributed by atoms with Gasteiger partial charge in [-0.3, -0.25) is 0 Å². The molecule has 0 amide bonds. The van der Waals surface area contributed by atoms with Crippen LogP contribution in [0, 0.1) is 0 Å². The third-order valence-electron chi connectivity index (χ3n) is 3.61. The fraction of sp³-hybridized carbons (Fsp3) is 0.714. The maximum atomic E-state index is 4.46. The number of nitrogens with zero attached hydrogens (tertiary/aromatic N) is 3. The number of nitrogens with one attached hydrogen (secondary N) is 1. The molecule has 18 heavy (non-hydrogen) atoms. The second kappa shape index (κ2) is 6.14. The highest BCUT2D eigenvalue weighted by Gasteiger charge is 2.21. The van der Waals surface area contributed by atoms with E-state index >= 15 is 0 Å². The minimum Gasteiger partial charge on any atom is -0.353 e. The van der Waals surface area contributed by atoms with Gasteiger partial charge in [-0.1, -0.05) is 13.8 Å². The number of anilines is 1. The molecular formula is C14H24N4. The van der Waals surface area contributed by atoms with Gasteiger partial charge in [0.15, 0.2) is 0 Å². The molecule has 1 unspecified atom stereocenters. The Morgan fingerprint density at radius 2 is 2.28 bits per heavy atom. The van der Waals surface area contributed by atoms with Gasteiger partial charge < -0.3 is 10.2 Å². The Labute approximate surface area is 110 Å². The van der Waals surface area contributed by atoms with Crippen LogP contribution in [-0.2, 0) is 0 Å². The van der Waals surface area contributed by atoms with Crippen molar-refractivity contribution in [1.82, 2.24) is 15.3 Å². The van der Waals surface area contributed by atoms with E-state index in [1.807, 2.05) is 0 Å². The van der Waals surface area contributed by atoms with Crippen molar-refractivity contribution in [3.05, 3.63) is 18.1 Å².